The second kappa shape index (κ2) is 7.53. The van der Waals surface area contributed by atoms with Gasteiger partial charge in [-0.25, -0.2) is 0 Å². The minimum absolute atomic E-state index is 0.0100. The van der Waals surface area contributed by atoms with Gasteiger partial charge < -0.3 is 5.32 Å². The van der Waals surface area contributed by atoms with Crippen molar-refractivity contribution in [2.75, 3.05) is 5.32 Å². The van der Waals surface area contributed by atoms with E-state index in [0.29, 0.717) is 5.02 Å². The van der Waals surface area contributed by atoms with Gasteiger partial charge in [-0.1, -0.05) is 36.7 Å². The van der Waals surface area contributed by atoms with Gasteiger partial charge in [0.25, 0.3) is 0 Å². The Morgan fingerprint density at radius 3 is 2.52 bits per heavy atom. The molecule has 0 fully saturated rings. The molecule has 0 aliphatic rings. The molecule has 1 atom stereocenters. The van der Waals surface area contributed by atoms with Crippen molar-refractivity contribution in [3.8, 4) is 0 Å². The van der Waals surface area contributed by atoms with Crippen LogP contribution in [-0.2, 0) is 11.2 Å². The van der Waals surface area contributed by atoms with Gasteiger partial charge in [0.15, 0.2) is 0 Å². The molecular weight excluding hydrogens is 302 g/mol. The monoisotopic (exact) mass is 319 g/mol. The van der Waals surface area contributed by atoms with Crippen LogP contribution < -0.4 is 5.32 Å². The van der Waals surface area contributed by atoms with E-state index in [4.69, 9.17) is 11.6 Å². The maximum absolute atomic E-state index is 12.3. The highest BCUT2D eigenvalue weighted by molar-refractivity contribution is 8.00. The third-order valence-corrected chi connectivity index (χ3v) is 4.52. The first-order valence-corrected chi connectivity index (χ1v) is 8.17. The number of amides is 1. The van der Waals surface area contributed by atoms with Crippen LogP contribution in [0.4, 0.5) is 5.69 Å². The van der Waals surface area contributed by atoms with Gasteiger partial charge in [0.2, 0.25) is 5.91 Å². The summed E-state index contributed by atoms with van der Waals surface area (Å²) >= 11 is 7.39. The lowest BCUT2D eigenvalue weighted by atomic mass is 10.1. The Hall–Kier alpha value is -1.45. The van der Waals surface area contributed by atoms with Crippen LogP contribution in [0.3, 0.4) is 0 Å². The van der Waals surface area contributed by atoms with Crippen LogP contribution in [0.25, 0.3) is 0 Å². The van der Waals surface area contributed by atoms with E-state index in [0.717, 1.165) is 22.6 Å². The molecule has 0 heterocycles. The standard InChI is InChI=1S/C17H18ClNOS/c1-3-13-6-4-5-7-16(13)19-17(20)12(2)21-15-10-8-14(18)9-11-15/h4-12H,3H2,1-2H3,(H,19,20)/t12-/m0/s1. The normalized spacial score (nSPS) is 12.0. The highest BCUT2D eigenvalue weighted by Gasteiger charge is 2.15. The molecule has 0 aliphatic carbocycles. The Bertz CT molecular complexity index is 612. The number of para-hydroxylation sites is 1. The predicted octanol–water partition coefficient (Wildman–Crippen LogP) is 5.02. The number of nitrogens with one attached hydrogen (secondary N) is 1. The summed E-state index contributed by atoms with van der Waals surface area (Å²) in [6.07, 6.45) is 0.898. The lowest BCUT2D eigenvalue weighted by molar-refractivity contribution is -0.115. The molecule has 1 amide bonds. The third kappa shape index (κ3) is 4.51. The molecule has 0 saturated heterocycles. The summed E-state index contributed by atoms with van der Waals surface area (Å²) in [6.45, 7) is 3.99. The SMILES string of the molecule is CCc1ccccc1NC(=O)[C@H](C)Sc1ccc(Cl)cc1. The van der Waals surface area contributed by atoms with Crippen LogP contribution in [0.1, 0.15) is 19.4 Å². The van der Waals surface area contributed by atoms with Gasteiger partial charge in [0, 0.05) is 15.6 Å². The Morgan fingerprint density at radius 1 is 1.19 bits per heavy atom. The Labute approximate surface area is 134 Å². The second-order valence-electron chi connectivity index (χ2n) is 4.71. The summed E-state index contributed by atoms with van der Waals surface area (Å²) in [5, 5.41) is 3.54. The van der Waals surface area contributed by atoms with Gasteiger partial charge in [0.1, 0.15) is 0 Å². The summed E-state index contributed by atoms with van der Waals surface area (Å²) in [5.74, 6) is 0.0100. The van der Waals surface area contributed by atoms with Gasteiger partial charge in [0.05, 0.1) is 5.25 Å². The largest absolute Gasteiger partial charge is 0.325 e. The molecule has 0 aliphatic heterocycles. The van der Waals surface area contributed by atoms with Gasteiger partial charge >= 0.3 is 0 Å². The van der Waals surface area contributed by atoms with E-state index in [1.54, 1.807) is 0 Å². The molecule has 4 heteroatoms. The highest BCUT2D eigenvalue weighted by Crippen LogP contribution is 2.26. The maximum Gasteiger partial charge on any atom is 0.237 e. The molecule has 0 aromatic heterocycles. The summed E-state index contributed by atoms with van der Waals surface area (Å²) in [4.78, 5) is 13.3. The Kier molecular flexibility index (Phi) is 5.71. The van der Waals surface area contributed by atoms with Crippen molar-refractivity contribution < 1.29 is 4.79 Å². The van der Waals surface area contributed by atoms with Crippen LogP contribution in [0.5, 0.6) is 0 Å². The number of anilines is 1. The molecule has 2 rings (SSSR count). The van der Waals surface area contributed by atoms with Crippen molar-refractivity contribution in [1.82, 2.24) is 0 Å². The highest BCUT2D eigenvalue weighted by atomic mass is 35.5. The van der Waals surface area contributed by atoms with Crippen LogP contribution >= 0.6 is 23.4 Å². The Morgan fingerprint density at radius 2 is 1.86 bits per heavy atom. The van der Waals surface area contributed by atoms with E-state index in [-0.39, 0.29) is 11.2 Å². The summed E-state index contributed by atoms with van der Waals surface area (Å²) in [5.41, 5.74) is 2.04. The number of thioether (sulfide) groups is 1. The summed E-state index contributed by atoms with van der Waals surface area (Å²) in [7, 11) is 0. The molecule has 0 bridgehead atoms. The topological polar surface area (TPSA) is 29.1 Å². The average molecular weight is 320 g/mol. The molecule has 2 aromatic carbocycles. The number of rotatable bonds is 5. The van der Waals surface area contributed by atoms with Crippen molar-refractivity contribution in [3.63, 3.8) is 0 Å². The molecule has 21 heavy (non-hydrogen) atoms. The van der Waals surface area contributed by atoms with Gasteiger partial charge in [-0.15, -0.1) is 11.8 Å². The molecule has 2 aromatic rings. The number of carbonyl (C=O) groups excluding carboxylic acids is 1. The minimum Gasteiger partial charge on any atom is -0.325 e. The zero-order valence-corrected chi connectivity index (χ0v) is 13.7. The van der Waals surface area contributed by atoms with E-state index in [2.05, 4.69) is 12.2 Å². The minimum atomic E-state index is -0.170. The second-order valence-corrected chi connectivity index (χ2v) is 6.56. The molecule has 0 radical (unpaired) electrons. The first-order chi connectivity index (χ1) is 10.1. The molecule has 0 spiro atoms. The van der Waals surface area contributed by atoms with Gasteiger partial charge in [-0.3, -0.25) is 4.79 Å². The number of hydrogen-bond donors (Lipinski definition) is 1. The number of halogens is 1. The molecule has 1 N–H and O–H groups in total. The first kappa shape index (κ1) is 15.9. The molecular formula is C17H18ClNOS. The number of aryl methyl sites for hydroxylation is 1. The summed E-state index contributed by atoms with van der Waals surface area (Å²) in [6, 6.07) is 15.4. The number of carbonyl (C=O) groups is 1. The fraction of sp³-hybridized carbons (Fsp3) is 0.235. The molecule has 110 valence electrons. The summed E-state index contributed by atoms with van der Waals surface area (Å²) < 4.78 is 0. The van der Waals surface area contributed by atoms with Crippen molar-refractivity contribution in [2.45, 2.75) is 30.4 Å². The van der Waals surface area contributed by atoms with Crippen molar-refractivity contribution >= 4 is 35.0 Å². The molecule has 2 nitrogen and oxygen atoms in total. The molecule has 0 unspecified atom stereocenters. The van der Waals surface area contributed by atoms with E-state index in [9.17, 15) is 4.79 Å². The van der Waals surface area contributed by atoms with E-state index in [1.165, 1.54) is 11.8 Å². The lowest BCUT2D eigenvalue weighted by Gasteiger charge is -2.14. The molecule has 0 saturated carbocycles. The van der Waals surface area contributed by atoms with Crippen LogP contribution in [0, 0.1) is 0 Å². The lowest BCUT2D eigenvalue weighted by Crippen LogP contribution is -2.23. The van der Waals surface area contributed by atoms with Crippen molar-refractivity contribution in [3.05, 3.63) is 59.1 Å². The smallest absolute Gasteiger partial charge is 0.237 e. The predicted molar refractivity (Wildman–Crippen MR) is 91.2 cm³/mol. The fourth-order valence-corrected chi connectivity index (χ4v) is 2.95. The Balaban J connectivity index is 2.01. The van der Waals surface area contributed by atoms with E-state index >= 15 is 0 Å². The quantitative estimate of drug-likeness (QED) is 0.784. The average Bonchev–Trinajstić information content (AvgIpc) is 2.50. The van der Waals surface area contributed by atoms with Crippen LogP contribution in [-0.4, -0.2) is 11.2 Å². The van der Waals surface area contributed by atoms with Crippen molar-refractivity contribution in [1.29, 1.82) is 0 Å². The van der Waals surface area contributed by atoms with Gasteiger partial charge in [-0.2, -0.15) is 0 Å². The number of benzene rings is 2. The fourth-order valence-electron chi connectivity index (χ4n) is 1.96. The third-order valence-electron chi connectivity index (χ3n) is 3.15. The van der Waals surface area contributed by atoms with Crippen LogP contribution in [0.15, 0.2) is 53.4 Å². The van der Waals surface area contributed by atoms with E-state index < -0.39 is 0 Å². The maximum atomic E-state index is 12.3. The van der Waals surface area contributed by atoms with Crippen molar-refractivity contribution in [2.24, 2.45) is 0 Å². The number of hydrogen-bond acceptors (Lipinski definition) is 2. The van der Waals surface area contributed by atoms with Crippen LogP contribution in [0.2, 0.25) is 5.02 Å². The first-order valence-electron chi connectivity index (χ1n) is 6.91. The van der Waals surface area contributed by atoms with Gasteiger partial charge in [-0.05, 0) is 49.2 Å². The van der Waals surface area contributed by atoms with E-state index in [1.807, 2.05) is 55.5 Å². The zero-order chi connectivity index (χ0) is 15.2. The zero-order valence-electron chi connectivity index (χ0n) is 12.1.